The largest absolute Gasteiger partial charge is 0.370 e. The van der Waals surface area contributed by atoms with Gasteiger partial charge in [0.05, 0.1) is 0 Å². The molecule has 0 unspecified atom stereocenters. The van der Waals surface area contributed by atoms with Gasteiger partial charge in [0.25, 0.3) is 0 Å². The van der Waals surface area contributed by atoms with Crippen molar-refractivity contribution >= 4 is 17.3 Å². The van der Waals surface area contributed by atoms with E-state index in [9.17, 15) is 0 Å². The van der Waals surface area contributed by atoms with E-state index in [0.29, 0.717) is 11.3 Å². The summed E-state index contributed by atoms with van der Waals surface area (Å²) in [7, 11) is 0. The zero-order valence-corrected chi connectivity index (χ0v) is 9.51. The molecule has 0 atom stereocenters. The smallest absolute Gasteiger partial charge is 0.0474 e. The van der Waals surface area contributed by atoms with Crippen molar-refractivity contribution in [2.45, 2.75) is 19.7 Å². The normalized spacial score (nSPS) is 19.2. The van der Waals surface area contributed by atoms with E-state index in [1.165, 1.54) is 11.3 Å². The Kier molecular flexibility index (Phi) is 2.44. The molecule has 1 nitrogen and oxygen atoms in total. The second-order valence-electron chi connectivity index (χ2n) is 4.82. The van der Waals surface area contributed by atoms with Crippen LogP contribution in [0.3, 0.4) is 0 Å². The summed E-state index contributed by atoms with van der Waals surface area (Å²) in [4.78, 5) is 2.40. The monoisotopic (exact) mass is 209 g/mol. The van der Waals surface area contributed by atoms with Gasteiger partial charge in [0.15, 0.2) is 0 Å². The van der Waals surface area contributed by atoms with Crippen molar-refractivity contribution in [3.8, 4) is 0 Å². The maximum Gasteiger partial charge on any atom is 0.0474 e. The molecule has 76 valence electrons. The fourth-order valence-electron chi connectivity index (χ4n) is 1.97. The topological polar surface area (TPSA) is 3.24 Å². The van der Waals surface area contributed by atoms with E-state index in [2.05, 4.69) is 43.0 Å². The highest BCUT2D eigenvalue weighted by atomic mass is 35.5. The van der Waals surface area contributed by atoms with E-state index < -0.39 is 0 Å². The summed E-state index contributed by atoms with van der Waals surface area (Å²) in [6, 6.07) is 8.53. The Morgan fingerprint density at radius 2 is 1.79 bits per heavy atom. The summed E-state index contributed by atoms with van der Waals surface area (Å²) in [5.41, 5.74) is 3.00. The summed E-state index contributed by atoms with van der Waals surface area (Å²) in [6.45, 7) is 6.92. The van der Waals surface area contributed by atoms with Gasteiger partial charge in [0.1, 0.15) is 0 Å². The SMILES string of the molecule is CC1(C)CN(c2ccc(CCl)cc2)C1. The van der Waals surface area contributed by atoms with Crippen molar-refractivity contribution in [2.75, 3.05) is 18.0 Å². The Morgan fingerprint density at radius 3 is 2.21 bits per heavy atom. The van der Waals surface area contributed by atoms with Crippen molar-refractivity contribution < 1.29 is 0 Å². The van der Waals surface area contributed by atoms with Gasteiger partial charge in [0, 0.05) is 24.7 Å². The van der Waals surface area contributed by atoms with Gasteiger partial charge in [-0.2, -0.15) is 0 Å². The van der Waals surface area contributed by atoms with Crippen LogP contribution in [-0.4, -0.2) is 13.1 Å². The van der Waals surface area contributed by atoms with Crippen LogP contribution in [0.2, 0.25) is 0 Å². The molecule has 1 fully saturated rings. The number of hydrogen-bond acceptors (Lipinski definition) is 1. The highest BCUT2D eigenvalue weighted by Gasteiger charge is 2.33. The maximum atomic E-state index is 5.74. The zero-order valence-electron chi connectivity index (χ0n) is 8.76. The lowest BCUT2D eigenvalue weighted by molar-refractivity contribution is 0.276. The highest BCUT2D eigenvalue weighted by Crippen LogP contribution is 2.33. The minimum Gasteiger partial charge on any atom is -0.370 e. The van der Waals surface area contributed by atoms with Crippen molar-refractivity contribution in [3.05, 3.63) is 29.8 Å². The van der Waals surface area contributed by atoms with Crippen LogP contribution in [0.15, 0.2) is 24.3 Å². The van der Waals surface area contributed by atoms with Gasteiger partial charge in [-0.05, 0) is 23.1 Å². The molecule has 1 aromatic rings. The van der Waals surface area contributed by atoms with Crippen LogP contribution in [0.5, 0.6) is 0 Å². The van der Waals surface area contributed by atoms with E-state index in [1.54, 1.807) is 0 Å². The first kappa shape index (κ1) is 9.85. The molecule has 14 heavy (non-hydrogen) atoms. The molecule has 1 aliphatic heterocycles. The molecule has 0 saturated carbocycles. The number of hydrogen-bond donors (Lipinski definition) is 0. The number of alkyl halides is 1. The first-order valence-electron chi connectivity index (χ1n) is 5.01. The molecule has 0 N–H and O–H groups in total. The first-order valence-corrected chi connectivity index (χ1v) is 5.54. The number of nitrogens with zero attached hydrogens (tertiary/aromatic N) is 1. The van der Waals surface area contributed by atoms with Crippen molar-refractivity contribution in [1.82, 2.24) is 0 Å². The van der Waals surface area contributed by atoms with E-state index >= 15 is 0 Å². The van der Waals surface area contributed by atoms with Crippen LogP contribution >= 0.6 is 11.6 Å². The van der Waals surface area contributed by atoms with Crippen LogP contribution in [0, 0.1) is 5.41 Å². The molecule has 0 spiro atoms. The molecule has 0 amide bonds. The van der Waals surface area contributed by atoms with Gasteiger partial charge in [-0.3, -0.25) is 0 Å². The Morgan fingerprint density at radius 1 is 1.21 bits per heavy atom. The van der Waals surface area contributed by atoms with Crippen LogP contribution in [0.25, 0.3) is 0 Å². The lowest BCUT2D eigenvalue weighted by Crippen LogP contribution is -2.53. The van der Waals surface area contributed by atoms with Gasteiger partial charge in [-0.15, -0.1) is 11.6 Å². The predicted octanol–water partition coefficient (Wildman–Crippen LogP) is 3.27. The summed E-state index contributed by atoms with van der Waals surface area (Å²) >= 11 is 5.74. The number of benzene rings is 1. The van der Waals surface area contributed by atoms with Crippen LogP contribution in [0.4, 0.5) is 5.69 Å². The predicted molar refractivity (Wildman–Crippen MR) is 62.0 cm³/mol. The third-order valence-corrected chi connectivity index (χ3v) is 3.00. The molecule has 1 heterocycles. The molecule has 0 bridgehead atoms. The van der Waals surface area contributed by atoms with E-state index in [1.807, 2.05) is 0 Å². The fourth-order valence-corrected chi connectivity index (χ4v) is 2.14. The Bertz CT molecular complexity index is 308. The summed E-state index contributed by atoms with van der Waals surface area (Å²) < 4.78 is 0. The Hall–Kier alpha value is -0.690. The van der Waals surface area contributed by atoms with Gasteiger partial charge in [-0.1, -0.05) is 26.0 Å². The molecule has 1 aliphatic rings. The third-order valence-electron chi connectivity index (χ3n) is 2.69. The average molecular weight is 210 g/mol. The van der Waals surface area contributed by atoms with E-state index in [4.69, 9.17) is 11.6 Å². The van der Waals surface area contributed by atoms with Gasteiger partial charge < -0.3 is 4.90 Å². The van der Waals surface area contributed by atoms with Crippen LogP contribution < -0.4 is 4.90 Å². The molecule has 2 heteroatoms. The molecule has 0 aliphatic carbocycles. The molecular formula is C12H16ClN. The van der Waals surface area contributed by atoms with Gasteiger partial charge in [-0.25, -0.2) is 0 Å². The summed E-state index contributed by atoms with van der Waals surface area (Å²) in [5.74, 6) is 0.603. The number of anilines is 1. The highest BCUT2D eigenvalue weighted by molar-refractivity contribution is 6.17. The Balaban J connectivity index is 2.05. The van der Waals surface area contributed by atoms with Crippen molar-refractivity contribution in [2.24, 2.45) is 5.41 Å². The number of rotatable bonds is 2. The molecular weight excluding hydrogens is 194 g/mol. The molecule has 0 radical (unpaired) electrons. The zero-order chi connectivity index (χ0) is 10.2. The lowest BCUT2D eigenvalue weighted by atomic mass is 9.84. The minimum absolute atomic E-state index is 0.491. The molecule has 1 aromatic carbocycles. The average Bonchev–Trinajstić information content (AvgIpc) is 2.14. The van der Waals surface area contributed by atoms with E-state index in [-0.39, 0.29) is 0 Å². The quantitative estimate of drug-likeness (QED) is 0.676. The van der Waals surface area contributed by atoms with Gasteiger partial charge >= 0.3 is 0 Å². The van der Waals surface area contributed by atoms with Crippen molar-refractivity contribution in [3.63, 3.8) is 0 Å². The second kappa shape index (κ2) is 3.47. The van der Waals surface area contributed by atoms with Crippen LogP contribution in [-0.2, 0) is 5.88 Å². The Labute approximate surface area is 90.7 Å². The maximum absolute atomic E-state index is 5.74. The van der Waals surface area contributed by atoms with E-state index in [0.717, 1.165) is 13.1 Å². The summed E-state index contributed by atoms with van der Waals surface area (Å²) in [5, 5.41) is 0. The number of halogens is 1. The van der Waals surface area contributed by atoms with Crippen LogP contribution in [0.1, 0.15) is 19.4 Å². The molecule has 1 saturated heterocycles. The fraction of sp³-hybridized carbons (Fsp3) is 0.500. The standard InChI is InChI=1S/C12H16ClN/c1-12(2)8-14(9-12)11-5-3-10(7-13)4-6-11/h3-6H,7-9H2,1-2H3. The minimum atomic E-state index is 0.491. The summed E-state index contributed by atoms with van der Waals surface area (Å²) in [6.07, 6.45) is 0. The lowest BCUT2D eigenvalue weighted by Gasteiger charge is -2.47. The second-order valence-corrected chi connectivity index (χ2v) is 5.09. The first-order chi connectivity index (χ1) is 6.61. The van der Waals surface area contributed by atoms with Crippen molar-refractivity contribution in [1.29, 1.82) is 0 Å². The van der Waals surface area contributed by atoms with Gasteiger partial charge in [0.2, 0.25) is 0 Å². The molecule has 2 rings (SSSR count). The third kappa shape index (κ3) is 1.88. The molecule has 0 aromatic heterocycles.